The monoisotopic (exact) mass is 787 g/mol. The van der Waals surface area contributed by atoms with Gasteiger partial charge in [-0.15, -0.1) is 0 Å². The van der Waals surface area contributed by atoms with E-state index in [9.17, 15) is 24.2 Å². The Morgan fingerprint density at radius 3 is 1.50 bits per heavy atom. The van der Waals surface area contributed by atoms with E-state index in [0.29, 0.717) is 19.3 Å². The zero-order valence-electron chi connectivity index (χ0n) is 34.2. The number of ether oxygens (including phenoxy) is 2. The van der Waals surface area contributed by atoms with E-state index in [4.69, 9.17) is 19.1 Å². The molecule has 0 aliphatic heterocycles. The highest BCUT2D eigenvalue weighted by molar-refractivity contribution is 7.47. The molecular formula is C43H79O10P. The average Bonchev–Trinajstić information content (AvgIpc) is 3.16. The predicted octanol–water partition coefficient (Wildman–Crippen LogP) is 11.2. The number of esters is 2. The van der Waals surface area contributed by atoms with Crippen molar-refractivity contribution in [2.45, 2.75) is 199 Å². The maximum absolute atomic E-state index is 12.6. The van der Waals surface area contributed by atoms with E-state index >= 15 is 0 Å². The molecule has 0 rings (SSSR count). The average molecular weight is 787 g/mol. The smallest absolute Gasteiger partial charge is 0.462 e. The van der Waals surface area contributed by atoms with Crippen molar-refractivity contribution in [2.75, 3.05) is 26.4 Å². The first-order valence-corrected chi connectivity index (χ1v) is 22.9. The summed E-state index contributed by atoms with van der Waals surface area (Å²) >= 11 is 0. The zero-order valence-corrected chi connectivity index (χ0v) is 35.1. The predicted molar refractivity (Wildman–Crippen MR) is 219 cm³/mol. The molecule has 1 unspecified atom stereocenters. The third kappa shape index (κ3) is 38.5. The second-order valence-corrected chi connectivity index (χ2v) is 15.8. The molecule has 0 spiro atoms. The van der Waals surface area contributed by atoms with Crippen LogP contribution in [-0.2, 0) is 32.7 Å². The molecule has 0 saturated carbocycles. The van der Waals surface area contributed by atoms with Gasteiger partial charge in [-0.2, -0.15) is 0 Å². The minimum absolute atomic E-state index is 0.119. The number of unbranched alkanes of at least 4 members (excludes halogenated alkanes) is 20. The normalized spacial score (nSPS) is 14.2. The first kappa shape index (κ1) is 52.2. The van der Waals surface area contributed by atoms with E-state index in [1.807, 2.05) is 6.08 Å². The first-order valence-electron chi connectivity index (χ1n) is 21.4. The van der Waals surface area contributed by atoms with Crippen LogP contribution >= 0.6 is 7.82 Å². The summed E-state index contributed by atoms with van der Waals surface area (Å²) in [4.78, 5) is 34.9. The van der Waals surface area contributed by atoms with Crippen LogP contribution in [0.5, 0.6) is 0 Å². The molecule has 0 heterocycles. The summed E-state index contributed by atoms with van der Waals surface area (Å²) in [7, 11) is -4.63. The van der Waals surface area contributed by atoms with Gasteiger partial charge in [0.25, 0.3) is 0 Å². The van der Waals surface area contributed by atoms with Crippen molar-refractivity contribution in [3.05, 3.63) is 36.5 Å². The van der Waals surface area contributed by atoms with Crippen molar-refractivity contribution in [1.82, 2.24) is 0 Å². The third-order valence-electron chi connectivity index (χ3n) is 9.02. The van der Waals surface area contributed by atoms with Crippen LogP contribution in [0.2, 0.25) is 0 Å². The Balaban J connectivity index is 4.38. The van der Waals surface area contributed by atoms with Crippen molar-refractivity contribution in [3.63, 3.8) is 0 Å². The molecule has 11 heteroatoms. The van der Waals surface area contributed by atoms with Crippen LogP contribution in [0.15, 0.2) is 36.5 Å². The molecule has 3 atom stereocenters. The van der Waals surface area contributed by atoms with Crippen molar-refractivity contribution in [3.8, 4) is 0 Å². The molecule has 0 saturated heterocycles. The van der Waals surface area contributed by atoms with Gasteiger partial charge in [-0.25, -0.2) is 4.57 Å². The highest BCUT2D eigenvalue weighted by Crippen LogP contribution is 2.43. The van der Waals surface area contributed by atoms with Gasteiger partial charge in [0, 0.05) is 12.8 Å². The van der Waals surface area contributed by atoms with Gasteiger partial charge in [0.2, 0.25) is 0 Å². The SMILES string of the molecule is CCCCCCC/C=C/CCCCCCCC(=O)OC[C@H](COP(=O)(O)OC[C@@H](O)CO)OC(=O)CCC/C=C/C/C=C/CCCCCCCCCCC. The standard InChI is InChI=1S/C43H79O10P/c1-3-5-7-9-11-13-15-17-19-20-21-23-25-27-29-31-33-35-43(47)53-41(39-52-54(48,49)51-37-40(45)36-44)38-50-42(46)34-32-30-28-26-24-22-18-16-14-12-10-8-6-4-2/h16,18,21,23,27,29,40-41,44-45H,3-15,17,19-20,22,24-26,28,30-39H2,1-2H3,(H,48,49)/b18-16+,23-21+,29-27+/t40-,41+/m0/s1. The molecule has 54 heavy (non-hydrogen) atoms. The molecular weight excluding hydrogens is 707 g/mol. The summed E-state index contributed by atoms with van der Waals surface area (Å²) in [5.41, 5.74) is 0. The lowest BCUT2D eigenvalue weighted by molar-refractivity contribution is -0.161. The maximum atomic E-state index is 12.6. The zero-order chi connectivity index (χ0) is 39.8. The number of hydrogen-bond acceptors (Lipinski definition) is 9. The minimum Gasteiger partial charge on any atom is -0.462 e. The van der Waals surface area contributed by atoms with Gasteiger partial charge < -0.3 is 24.6 Å². The fraction of sp³-hybridized carbons (Fsp3) is 0.814. The molecule has 3 N–H and O–H groups in total. The summed E-state index contributed by atoms with van der Waals surface area (Å²) in [6.45, 7) is 2.31. The Bertz CT molecular complexity index is 999. The second-order valence-electron chi connectivity index (χ2n) is 14.4. The Morgan fingerprint density at radius 1 is 0.556 bits per heavy atom. The van der Waals surface area contributed by atoms with E-state index < -0.39 is 51.8 Å². The highest BCUT2D eigenvalue weighted by atomic mass is 31.2. The Hall–Kier alpha value is -1.81. The van der Waals surface area contributed by atoms with Gasteiger partial charge in [0.1, 0.15) is 12.7 Å². The van der Waals surface area contributed by atoms with Gasteiger partial charge in [-0.05, 0) is 64.2 Å². The van der Waals surface area contributed by atoms with Gasteiger partial charge >= 0.3 is 19.8 Å². The van der Waals surface area contributed by atoms with Crippen molar-refractivity contribution >= 4 is 19.8 Å². The van der Waals surface area contributed by atoms with Gasteiger partial charge in [0.05, 0.1) is 19.8 Å². The van der Waals surface area contributed by atoms with Crippen LogP contribution in [0.4, 0.5) is 0 Å². The minimum atomic E-state index is -4.63. The quantitative estimate of drug-likeness (QED) is 0.0237. The fourth-order valence-electron chi connectivity index (χ4n) is 5.67. The van der Waals surface area contributed by atoms with Crippen LogP contribution in [0.25, 0.3) is 0 Å². The fourth-order valence-corrected chi connectivity index (χ4v) is 6.46. The van der Waals surface area contributed by atoms with Gasteiger partial charge in [-0.1, -0.05) is 147 Å². The van der Waals surface area contributed by atoms with Crippen molar-refractivity contribution in [2.24, 2.45) is 0 Å². The third-order valence-corrected chi connectivity index (χ3v) is 9.97. The van der Waals surface area contributed by atoms with Crippen LogP contribution in [0.3, 0.4) is 0 Å². The molecule has 0 aromatic carbocycles. The van der Waals surface area contributed by atoms with E-state index in [1.54, 1.807) is 0 Å². The molecule has 0 bridgehead atoms. The number of allylic oxidation sites excluding steroid dienone is 6. The van der Waals surface area contributed by atoms with Crippen LogP contribution in [0.1, 0.15) is 187 Å². The molecule has 10 nitrogen and oxygen atoms in total. The molecule has 316 valence electrons. The Kier molecular flexibility index (Phi) is 38.1. The highest BCUT2D eigenvalue weighted by Gasteiger charge is 2.27. The van der Waals surface area contributed by atoms with E-state index in [0.717, 1.165) is 51.4 Å². The summed E-state index contributed by atoms with van der Waals surface area (Å²) in [6, 6.07) is 0. The van der Waals surface area contributed by atoms with Crippen LogP contribution in [0, 0.1) is 0 Å². The van der Waals surface area contributed by atoms with Gasteiger partial charge in [0.15, 0.2) is 6.10 Å². The number of phosphoric acid groups is 1. The van der Waals surface area contributed by atoms with E-state index in [2.05, 4.69) is 48.8 Å². The van der Waals surface area contributed by atoms with Gasteiger partial charge in [-0.3, -0.25) is 18.6 Å². The number of phosphoric ester groups is 1. The number of aliphatic hydroxyl groups excluding tert-OH is 2. The lowest BCUT2D eigenvalue weighted by atomic mass is 10.1. The number of carbonyl (C=O) groups is 2. The molecule has 0 amide bonds. The lowest BCUT2D eigenvalue weighted by Gasteiger charge is -2.20. The molecule has 0 aromatic rings. The first-order chi connectivity index (χ1) is 26.2. The summed E-state index contributed by atoms with van der Waals surface area (Å²) < 4.78 is 32.6. The molecule has 0 aromatic heterocycles. The number of rotatable bonds is 40. The summed E-state index contributed by atoms with van der Waals surface area (Å²) in [6.07, 6.45) is 39.8. The number of hydrogen-bond donors (Lipinski definition) is 3. The van der Waals surface area contributed by atoms with Crippen LogP contribution < -0.4 is 0 Å². The molecule has 0 aliphatic rings. The summed E-state index contributed by atoms with van der Waals surface area (Å²) in [5, 5.41) is 18.3. The van der Waals surface area contributed by atoms with E-state index in [-0.39, 0.29) is 19.4 Å². The number of carbonyl (C=O) groups excluding carboxylic acids is 2. The van der Waals surface area contributed by atoms with Crippen LogP contribution in [-0.4, -0.2) is 65.7 Å². The molecule has 0 fully saturated rings. The molecule has 0 aliphatic carbocycles. The van der Waals surface area contributed by atoms with E-state index in [1.165, 1.54) is 89.9 Å². The Morgan fingerprint density at radius 2 is 0.981 bits per heavy atom. The lowest BCUT2D eigenvalue weighted by Crippen LogP contribution is -2.29. The topological polar surface area (TPSA) is 149 Å². The second kappa shape index (κ2) is 39.4. The molecule has 0 radical (unpaired) electrons. The van der Waals surface area contributed by atoms with Crippen molar-refractivity contribution < 1.29 is 47.8 Å². The summed E-state index contributed by atoms with van der Waals surface area (Å²) in [5.74, 6) is -0.986. The Labute approximate surface area is 329 Å². The maximum Gasteiger partial charge on any atom is 0.472 e. The largest absolute Gasteiger partial charge is 0.472 e. The number of aliphatic hydroxyl groups is 2. The van der Waals surface area contributed by atoms with Crippen molar-refractivity contribution in [1.29, 1.82) is 0 Å².